The number of nitrogens with zero attached hydrogens (tertiary/aromatic N) is 4. The van der Waals surface area contributed by atoms with Gasteiger partial charge in [0.05, 0.1) is 23.3 Å². The summed E-state index contributed by atoms with van der Waals surface area (Å²) in [5.74, 6) is -0.752. The first-order valence-corrected chi connectivity index (χ1v) is 9.98. The fourth-order valence-electron chi connectivity index (χ4n) is 4.72. The van der Waals surface area contributed by atoms with Crippen LogP contribution >= 0.6 is 0 Å². The van der Waals surface area contributed by atoms with Crippen molar-refractivity contribution in [3.63, 3.8) is 0 Å². The van der Waals surface area contributed by atoms with E-state index in [-0.39, 0.29) is 24.9 Å². The maximum Gasteiger partial charge on any atom is 0.449 e. The molecule has 3 aliphatic rings. The molecule has 0 aromatic carbocycles. The van der Waals surface area contributed by atoms with Crippen LogP contribution in [0.25, 0.3) is 0 Å². The van der Waals surface area contributed by atoms with Crippen LogP contribution in [0.4, 0.5) is 13.2 Å². The second-order valence-corrected chi connectivity index (χ2v) is 8.66. The number of hydrogen-bond donors (Lipinski definition) is 0. The molecule has 1 aromatic heterocycles. The highest BCUT2D eigenvalue weighted by Gasteiger charge is 2.44. The van der Waals surface area contributed by atoms with Gasteiger partial charge in [-0.05, 0) is 45.8 Å². The summed E-state index contributed by atoms with van der Waals surface area (Å²) in [5.41, 5.74) is 0.659. The smallest absolute Gasteiger partial charge is 0.335 e. The van der Waals surface area contributed by atoms with Crippen LogP contribution in [-0.4, -0.2) is 51.9 Å². The van der Waals surface area contributed by atoms with E-state index in [0.717, 1.165) is 25.9 Å². The minimum atomic E-state index is -4.48. The average molecular weight is 396 g/mol. The van der Waals surface area contributed by atoms with Crippen molar-refractivity contribution in [1.82, 2.24) is 19.4 Å². The molecule has 154 valence electrons. The topological polar surface area (TPSA) is 41.4 Å². The van der Waals surface area contributed by atoms with E-state index in [9.17, 15) is 18.0 Å². The lowest BCUT2D eigenvalue weighted by molar-refractivity contribution is -0.148. The number of fused-ring (bicyclic) bond motifs is 1. The third-order valence-corrected chi connectivity index (χ3v) is 6.50. The van der Waals surface area contributed by atoms with Crippen molar-refractivity contribution in [3.8, 4) is 0 Å². The number of carbonyl (C=O) groups is 1. The molecule has 0 radical (unpaired) electrons. The molecule has 1 aliphatic carbocycles. The van der Waals surface area contributed by atoms with Crippen LogP contribution in [-0.2, 0) is 24.1 Å². The molecular formula is C20H27F3N4O. The predicted molar refractivity (Wildman–Crippen MR) is 98.6 cm³/mol. The number of carbonyl (C=O) groups excluding carboxylic acids is 1. The molecule has 0 N–H and O–H groups in total. The summed E-state index contributed by atoms with van der Waals surface area (Å²) in [6.07, 6.45) is 2.52. The van der Waals surface area contributed by atoms with E-state index < -0.39 is 17.4 Å². The molecule has 3 heterocycles. The largest absolute Gasteiger partial charge is 0.449 e. The second-order valence-electron chi connectivity index (χ2n) is 8.66. The number of likely N-dealkylation sites (tertiary alicyclic amines) is 1. The predicted octanol–water partition coefficient (Wildman–Crippen LogP) is 3.41. The van der Waals surface area contributed by atoms with Crippen LogP contribution in [0.3, 0.4) is 0 Å². The number of hydrogen-bond acceptors (Lipinski definition) is 3. The Morgan fingerprint density at radius 3 is 2.39 bits per heavy atom. The van der Waals surface area contributed by atoms with Crippen LogP contribution < -0.4 is 0 Å². The van der Waals surface area contributed by atoms with Crippen molar-refractivity contribution >= 4 is 5.91 Å². The summed E-state index contributed by atoms with van der Waals surface area (Å²) in [7, 11) is 2.02. The lowest BCUT2D eigenvalue weighted by atomic mass is 9.86. The molecule has 8 heteroatoms. The van der Waals surface area contributed by atoms with Gasteiger partial charge in [-0.15, -0.1) is 0 Å². The van der Waals surface area contributed by atoms with Crippen LogP contribution in [0.15, 0.2) is 12.2 Å². The van der Waals surface area contributed by atoms with Crippen molar-refractivity contribution < 1.29 is 18.0 Å². The Bertz CT molecular complexity index is 782. The van der Waals surface area contributed by atoms with Gasteiger partial charge < -0.3 is 14.4 Å². The third kappa shape index (κ3) is 3.36. The molecule has 1 amide bonds. The molecule has 1 fully saturated rings. The van der Waals surface area contributed by atoms with E-state index in [4.69, 9.17) is 0 Å². The zero-order valence-electron chi connectivity index (χ0n) is 16.4. The number of halogens is 3. The zero-order valence-corrected chi connectivity index (χ0v) is 16.4. The molecular weight excluding hydrogens is 369 g/mol. The number of piperidine rings is 1. The van der Waals surface area contributed by atoms with E-state index in [0.29, 0.717) is 30.8 Å². The van der Waals surface area contributed by atoms with E-state index in [1.165, 1.54) is 4.57 Å². The first-order chi connectivity index (χ1) is 13.2. The number of aromatic nitrogens is 2. The Labute approximate surface area is 163 Å². The first-order valence-electron chi connectivity index (χ1n) is 9.98. The van der Waals surface area contributed by atoms with Crippen LogP contribution in [0.2, 0.25) is 0 Å². The van der Waals surface area contributed by atoms with Gasteiger partial charge in [-0.1, -0.05) is 19.1 Å². The Morgan fingerprint density at radius 2 is 1.79 bits per heavy atom. The van der Waals surface area contributed by atoms with Gasteiger partial charge in [0.25, 0.3) is 0 Å². The highest BCUT2D eigenvalue weighted by atomic mass is 19.4. The van der Waals surface area contributed by atoms with Crippen molar-refractivity contribution in [2.75, 3.05) is 26.7 Å². The number of allylic oxidation sites excluding steroid dienone is 2. The molecule has 0 atom stereocenters. The number of alkyl halides is 3. The summed E-state index contributed by atoms with van der Waals surface area (Å²) in [4.78, 5) is 21.1. The van der Waals surface area contributed by atoms with Crippen LogP contribution in [0.5, 0.6) is 0 Å². The third-order valence-electron chi connectivity index (χ3n) is 6.50. The molecule has 0 unspecified atom stereocenters. The molecule has 1 saturated heterocycles. The van der Waals surface area contributed by atoms with Gasteiger partial charge in [-0.3, -0.25) is 4.79 Å². The van der Waals surface area contributed by atoms with Crippen molar-refractivity contribution in [2.24, 2.45) is 5.41 Å². The normalized spacial score (nSPS) is 23.2. The Balaban J connectivity index is 1.65. The summed E-state index contributed by atoms with van der Waals surface area (Å²) < 4.78 is 42.1. The summed E-state index contributed by atoms with van der Waals surface area (Å²) in [6, 6.07) is 0. The van der Waals surface area contributed by atoms with E-state index in [1.54, 1.807) is 4.90 Å². The molecule has 28 heavy (non-hydrogen) atoms. The van der Waals surface area contributed by atoms with Crippen molar-refractivity contribution in [3.05, 3.63) is 29.4 Å². The van der Waals surface area contributed by atoms with E-state index in [2.05, 4.69) is 9.88 Å². The monoisotopic (exact) mass is 396 g/mol. The minimum absolute atomic E-state index is 0.0207. The maximum atomic E-state index is 13.6. The average Bonchev–Trinajstić information content (AvgIpc) is 3.26. The maximum absolute atomic E-state index is 13.6. The first kappa shape index (κ1) is 19.5. The minimum Gasteiger partial charge on any atom is -0.335 e. The Kier molecular flexibility index (Phi) is 4.80. The standard InChI is InChI=1S/C20H27F3N4O/c1-19(7-3-4-8-19)18(28)26-11-12-27-15(13-26)16(24-17(27)20(21,22)23)14-5-9-25(2)10-6-14/h3-4,14H,5-13H2,1-2H3. The van der Waals surface area contributed by atoms with Crippen LogP contribution in [0.1, 0.15) is 55.7 Å². The molecule has 0 saturated carbocycles. The summed E-state index contributed by atoms with van der Waals surface area (Å²) in [6.45, 7) is 4.32. The number of amides is 1. The highest BCUT2D eigenvalue weighted by molar-refractivity contribution is 5.83. The fourth-order valence-corrected chi connectivity index (χ4v) is 4.72. The SMILES string of the molecule is CN1CCC(c2nc(C(F)(F)F)n3c2CN(C(=O)C2(C)CC=CC2)CC3)CC1. The summed E-state index contributed by atoms with van der Waals surface area (Å²) in [5, 5.41) is 0. The van der Waals surface area contributed by atoms with Gasteiger partial charge in [0, 0.05) is 19.0 Å². The number of imidazole rings is 1. The Hall–Kier alpha value is -1.83. The molecule has 1 aromatic rings. The second kappa shape index (κ2) is 6.90. The lowest BCUT2D eigenvalue weighted by Crippen LogP contribution is -2.45. The van der Waals surface area contributed by atoms with Gasteiger partial charge in [-0.2, -0.15) is 13.2 Å². The van der Waals surface area contributed by atoms with Gasteiger partial charge in [0.2, 0.25) is 11.7 Å². The number of rotatable bonds is 2. The zero-order chi connectivity index (χ0) is 20.1. The quantitative estimate of drug-likeness (QED) is 0.720. The molecule has 0 bridgehead atoms. The molecule has 4 rings (SSSR count). The van der Waals surface area contributed by atoms with Gasteiger partial charge in [0.1, 0.15) is 0 Å². The van der Waals surface area contributed by atoms with Gasteiger partial charge in [-0.25, -0.2) is 4.98 Å². The van der Waals surface area contributed by atoms with Crippen LogP contribution in [0, 0.1) is 5.41 Å². The Morgan fingerprint density at radius 1 is 1.14 bits per heavy atom. The van der Waals surface area contributed by atoms with Crippen molar-refractivity contribution in [2.45, 2.75) is 57.8 Å². The van der Waals surface area contributed by atoms with Gasteiger partial charge >= 0.3 is 6.18 Å². The van der Waals surface area contributed by atoms with E-state index >= 15 is 0 Å². The lowest BCUT2D eigenvalue weighted by Gasteiger charge is -2.36. The van der Waals surface area contributed by atoms with Gasteiger partial charge in [0.15, 0.2) is 0 Å². The van der Waals surface area contributed by atoms with E-state index in [1.807, 2.05) is 26.1 Å². The fraction of sp³-hybridized carbons (Fsp3) is 0.700. The molecule has 5 nitrogen and oxygen atoms in total. The van der Waals surface area contributed by atoms with Crippen molar-refractivity contribution in [1.29, 1.82) is 0 Å². The highest BCUT2D eigenvalue weighted by Crippen LogP contribution is 2.39. The molecule has 0 spiro atoms. The summed E-state index contributed by atoms with van der Waals surface area (Å²) >= 11 is 0. The molecule has 2 aliphatic heterocycles.